The van der Waals surface area contributed by atoms with Gasteiger partial charge in [-0.2, -0.15) is 0 Å². The fourth-order valence-corrected chi connectivity index (χ4v) is 8.48. The van der Waals surface area contributed by atoms with Crippen LogP contribution in [0.5, 0.6) is 0 Å². The van der Waals surface area contributed by atoms with Gasteiger partial charge >= 0.3 is 5.97 Å². The SMILES string of the molecule is CC1=NC(=O)[C@H](CCCN2CCOCC2)N(C)C(=O)[C@@H]2CCCN2C(=O)[C@@H](NC(=O)[C@H](Cc2ccccc2)NC(=O)Cc2ccccc2)COC(=O)[C@@H]2C[C@@H](C)CN2C1=O. The Kier molecular flexibility index (Phi) is 15.2. The molecule has 6 amide bonds. The molecule has 0 bridgehead atoms. The number of hydrogen-bond acceptors (Lipinski definition) is 10. The highest BCUT2D eigenvalue weighted by Gasteiger charge is 2.44. The van der Waals surface area contributed by atoms with Crippen molar-refractivity contribution in [3.63, 3.8) is 0 Å². The molecule has 16 heteroatoms. The van der Waals surface area contributed by atoms with E-state index >= 15 is 0 Å². The van der Waals surface area contributed by atoms with Crippen molar-refractivity contribution in [1.82, 2.24) is 30.2 Å². The molecule has 4 aliphatic rings. The summed E-state index contributed by atoms with van der Waals surface area (Å²) in [6.07, 6.45) is 1.98. The zero-order valence-corrected chi connectivity index (χ0v) is 34.8. The summed E-state index contributed by atoms with van der Waals surface area (Å²) < 4.78 is 11.2. The lowest BCUT2D eigenvalue weighted by Gasteiger charge is -2.34. The number of benzene rings is 2. The molecule has 6 atom stereocenters. The van der Waals surface area contributed by atoms with Gasteiger partial charge in [-0.05, 0) is 62.6 Å². The Balaban J connectivity index is 1.29. The quantitative estimate of drug-likeness (QED) is 0.312. The highest BCUT2D eigenvalue weighted by Crippen LogP contribution is 2.26. The number of hydrogen-bond donors (Lipinski definition) is 2. The summed E-state index contributed by atoms with van der Waals surface area (Å²) in [4.78, 5) is 109. The van der Waals surface area contributed by atoms with Gasteiger partial charge in [0.2, 0.25) is 23.6 Å². The zero-order valence-electron chi connectivity index (χ0n) is 34.8. The molecule has 2 N–H and O–H groups in total. The standard InChI is InChI=1S/C44H57N7O9/c1-29-24-37-44(58)60-28-34(47-39(53)33(25-31-12-6-4-7-13-31)46-38(52)26-32-14-8-5-9-15-32)42(56)50-19-11-17-36(50)43(57)48(3)35(16-10-18-49-20-22-59-23-21-49)40(54)45-30(2)41(55)51(37)27-29/h4-9,12-15,29,33-37H,10-11,16-28H2,1-3H3,(H,46,52)(H,47,53)/t29-,33+,34+,35+,36+,37+/m1/s1. The van der Waals surface area contributed by atoms with Crippen LogP contribution in [-0.4, -0.2) is 157 Å². The molecule has 6 rings (SSSR count). The van der Waals surface area contributed by atoms with Crippen LogP contribution >= 0.6 is 0 Å². The summed E-state index contributed by atoms with van der Waals surface area (Å²) in [5.74, 6) is -4.38. The number of cyclic esters (lactones) is 1. The van der Waals surface area contributed by atoms with E-state index in [9.17, 15) is 33.6 Å². The smallest absolute Gasteiger partial charge is 0.328 e. The minimum atomic E-state index is -1.45. The Morgan fingerprint density at radius 3 is 2.27 bits per heavy atom. The molecule has 0 radical (unpaired) electrons. The Morgan fingerprint density at radius 1 is 0.883 bits per heavy atom. The molecule has 3 saturated heterocycles. The van der Waals surface area contributed by atoms with E-state index in [0.717, 1.165) is 24.2 Å². The molecule has 322 valence electrons. The molecule has 0 unspecified atom stereocenters. The van der Waals surface area contributed by atoms with E-state index in [-0.39, 0.29) is 50.4 Å². The van der Waals surface area contributed by atoms with Crippen LogP contribution in [0.2, 0.25) is 0 Å². The van der Waals surface area contributed by atoms with Crippen LogP contribution in [-0.2, 0) is 55.9 Å². The Morgan fingerprint density at radius 2 is 1.57 bits per heavy atom. The summed E-state index contributed by atoms with van der Waals surface area (Å²) >= 11 is 0. The summed E-state index contributed by atoms with van der Waals surface area (Å²) in [6.45, 7) is 6.50. The summed E-state index contributed by atoms with van der Waals surface area (Å²) in [6, 6.07) is 12.6. The maximum absolute atomic E-state index is 14.6. The van der Waals surface area contributed by atoms with Gasteiger partial charge in [0.1, 0.15) is 42.5 Å². The number of amides is 6. The van der Waals surface area contributed by atoms with E-state index in [1.807, 2.05) is 55.5 Å². The molecule has 0 saturated carbocycles. The lowest BCUT2D eigenvalue weighted by atomic mass is 10.0. The summed E-state index contributed by atoms with van der Waals surface area (Å²) in [7, 11) is 1.52. The number of rotatable bonds is 11. The number of nitrogens with one attached hydrogen (secondary N) is 2. The zero-order chi connectivity index (χ0) is 42.8. The molecule has 2 aromatic rings. The Labute approximate surface area is 351 Å². The first kappa shape index (κ1) is 44.1. The second-order valence-electron chi connectivity index (χ2n) is 16.3. The van der Waals surface area contributed by atoms with Gasteiger partial charge < -0.3 is 34.8 Å². The van der Waals surface area contributed by atoms with Gasteiger partial charge in [-0.3, -0.25) is 33.7 Å². The van der Waals surface area contributed by atoms with E-state index in [0.29, 0.717) is 39.0 Å². The molecule has 0 spiro atoms. The molecule has 4 heterocycles. The molecule has 60 heavy (non-hydrogen) atoms. The first-order valence-electron chi connectivity index (χ1n) is 21.0. The molecule has 2 aromatic carbocycles. The Hall–Kier alpha value is -5.48. The summed E-state index contributed by atoms with van der Waals surface area (Å²) in [5, 5.41) is 5.60. The van der Waals surface area contributed by atoms with Crippen molar-refractivity contribution in [1.29, 1.82) is 0 Å². The average molecular weight is 828 g/mol. The second-order valence-corrected chi connectivity index (χ2v) is 16.3. The van der Waals surface area contributed by atoms with Crippen LogP contribution in [0.3, 0.4) is 0 Å². The van der Waals surface area contributed by atoms with Crippen LogP contribution in [0.4, 0.5) is 0 Å². The topological polar surface area (TPSA) is 187 Å². The number of fused-ring (bicyclic) bond motifs is 2. The fourth-order valence-electron chi connectivity index (χ4n) is 8.48. The van der Waals surface area contributed by atoms with Crippen molar-refractivity contribution in [3.05, 3.63) is 71.8 Å². The van der Waals surface area contributed by atoms with E-state index in [2.05, 4.69) is 20.5 Å². The number of morpholine rings is 1. The van der Waals surface area contributed by atoms with Gasteiger partial charge in [-0.15, -0.1) is 0 Å². The molecular weight excluding hydrogens is 771 g/mol. The van der Waals surface area contributed by atoms with Gasteiger partial charge in [-0.1, -0.05) is 67.6 Å². The number of likely N-dealkylation sites (N-methyl/N-ethyl adjacent to an activating group) is 1. The highest BCUT2D eigenvalue weighted by molar-refractivity contribution is 6.39. The van der Waals surface area contributed by atoms with Crippen LogP contribution in [0.1, 0.15) is 57.1 Å². The lowest BCUT2D eigenvalue weighted by Crippen LogP contribution is -2.59. The fraction of sp³-hybridized carbons (Fsp3) is 0.545. The number of carbonyl (C=O) groups is 7. The predicted molar refractivity (Wildman–Crippen MR) is 220 cm³/mol. The van der Waals surface area contributed by atoms with Crippen LogP contribution < -0.4 is 10.6 Å². The Bertz CT molecular complexity index is 1910. The highest BCUT2D eigenvalue weighted by atomic mass is 16.5. The average Bonchev–Trinajstić information content (AvgIpc) is 3.90. The molecule has 0 aromatic heterocycles. The third-order valence-electron chi connectivity index (χ3n) is 11.8. The maximum Gasteiger partial charge on any atom is 0.328 e. The van der Waals surface area contributed by atoms with E-state index in [1.54, 1.807) is 12.1 Å². The number of esters is 1. The third kappa shape index (κ3) is 11.2. The molecule has 16 nitrogen and oxygen atoms in total. The molecule has 4 aliphatic heterocycles. The van der Waals surface area contributed by atoms with Gasteiger partial charge in [0.05, 0.1) is 19.6 Å². The van der Waals surface area contributed by atoms with Crippen LogP contribution in [0.25, 0.3) is 0 Å². The van der Waals surface area contributed by atoms with E-state index in [4.69, 9.17) is 9.47 Å². The van der Waals surface area contributed by atoms with Crippen LogP contribution in [0, 0.1) is 5.92 Å². The van der Waals surface area contributed by atoms with Gasteiger partial charge in [0.25, 0.3) is 11.8 Å². The number of carbonyl (C=O) groups excluding carboxylic acids is 7. The van der Waals surface area contributed by atoms with Gasteiger partial charge in [-0.25, -0.2) is 9.79 Å². The first-order chi connectivity index (χ1) is 28.9. The maximum atomic E-state index is 14.6. The predicted octanol–water partition coefficient (Wildman–Crippen LogP) is 1.15. The van der Waals surface area contributed by atoms with Gasteiger partial charge in [0, 0.05) is 39.6 Å². The third-order valence-corrected chi connectivity index (χ3v) is 11.8. The van der Waals surface area contributed by atoms with E-state index < -0.39 is 78.2 Å². The number of aliphatic imine (C=N–C) groups is 1. The number of ether oxygens (including phenoxy) is 2. The largest absolute Gasteiger partial charge is 0.461 e. The minimum absolute atomic E-state index is 0.0143. The van der Waals surface area contributed by atoms with Crippen molar-refractivity contribution in [2.45, 2.75) is 89.0 Å². The monoisotopic (exact) mass is 827 g/mol. The number of nitrogens with zero attached hydrogens (tertiary/aromatic N) is 5. The van der Waals surface area contributed by atoms with E-state index in [1.165, 1.54) is 28.7 Å². The van der Waals surface area contributed by atoms with Gasteiger partial charge in [0.15, 0.2) is 0 Å². The first-order valence-corrected chi connectivity index (χ1v) is 21.0. The molecule has 3 fully saturated rings. The normalized spacial score (nSPS) is 25.3. The van der Waals surface area contributed by atoms with Crippen molar-refractivity contribution in [2.75, 3.05) is 59.6 Å². The van der Waals surface area contributed by atoms with Crippen molar-refractivity contribution in [3.8, 4) is 0 Å². The second kappa shape index (κ2) is 20.7. The van der Waals surface area contributed by atoms with Crippen molar-refractivity contribution < 1.29 is 43.0 Å². The lowest BCUT2D eigenvalue weighted by molar-refractivity contribution is -0.156. The van der Waals surface area contributed by atoms with Crippen molar-refractivity contribution >= 4 is 47.1 Å². The minimum Gasteiger partial charge on any atom is -0.461 e. The molecule has 0 aliphatic carbocycles. The summed E-state index contributed by atoms with van der Waals surface area (Å²) in [5.41, 5.74) is 1.40. The van der Waals surface area contributed by atoms with Crippen molar-refractivity contribution in [2.24, 2.45) is 10.9 Å². The van der Waals surface area contributed by atoms with Crippen LogP contribution in [0.15, 0.2) is 65.7 Å². The molecular formula is C44H57N7O9.